The Morgan fingerprint density at radius 3 is 2.67 bits per heavy atom. The lowest BCUT2D eigenvalue weighted by Gasteiger charge is -2.03. The summed E-state index contributed by atoms with van der Waals surface area (Å²) in [5, 5.41) is 13.6. The van der Waals surface area contributed by atoms with Crippen molar-refractivity contribution in [3.05, 3.63) is 61.4 Å². The van der Waals surface area contributed by atoms with Gasteiger partial charge in [0.15, 0.2) is 0 Å². The zero-order valence-electron chi connectivity index (χ0n) is 10.5. The van der Waals surface area contributed by atoms with Crippen LogP contribution in [-0.2, 0) is 0 Å². The molecule has 0 aliphatic carbocycles. The largest absolute Gasteiger partial charge is 0.506 e. The van der Waals surface area contributed by atoms with Crippen LogP contribution in [0.5, 0.6) is 5.75 Å². The number of rotatable bonds is 3. The third-order valence-corrected chi connectivity index (χ3v) is 3.81. The lowest BCUT2D eigenvalue weighted by atomic mass is 10.2. The standard InChI is InChI=1S/C14H9BrFIN2O2/c15-10-5-9(13(20)12(17)6-10)7-18-19-14(21)8-1-3-11(16)4-2-8/h1-7,20H,(H,19,21)/b18-7+. The van der Waals surface area contributed by atoms with Crippen molar-refractivity contribution in [3.8, 4) is 5.75 Å². The molecule has 0 aliphatic heterocycles. The van der Waals surface area contributed by atoms with Gasteiger partial charge in [-0.3, -0.25) is 4.79 Å². The van der Waals surface area contributed by atoms with Crippen LogP contribution in [-0.4, -0.2) is 17.2 Å². The molecule has 0 saturated heterocycles. The van der Waals surface area contributed by atoms with Gasteiger partial charge in [-0.15, -0.1) is 0 Å². The quantitative estimate of drug-likeness (QED) is 0.415. The number of hydrogen-bond donors (Lipinski definition) is 2. The van der Waals surface area contributed by atoms with Crippen molar-refractivity contribution in [1.82, 2.24) is 5.43 Å². The highest BCUT2D eigenvalue weighted by Gasteiger charge is 2.06. The second-order valence-corrected chi connectivity index (χ2v) is 6.11. The molecule has 2 N–H and O–H groups in total. The number of nitrogens with zero attached hydrogens (tertiary/aromatic N) is 1. The van der Waals surface area contributed by atoms with Crippen molar-refractivity contribution in [2.75, 3.05) is 0 Å². The molecule has 0 spiro atoms. The van der Waals surface area contributed by atoms with Crippen molar-refractivity contribution < 1.29 is 14.3 Å². The summed E-state index contributed by atoms with van der Waals surface area (Å²) in [4.78, 5) is 11.7. The van der Waals surface area contributed by atoms with Crippen molar-refractivity contribution in [2.45, 2.75) is 0 Å². The molecule has 2 aromatic carbocycles. The summed E-state index contributed by atoms with van der Waals surface area (Å²) in [5.41, 5.74) is 3.07. The van der Waals surface area contributed by atoms with Gasteiger partial charge in [0, 0.05) is 15.6 Å². The maximum Gasteiger partial charge on any atom is 0.271 e. The molecular formula is C14H9BrFIN2O2. The minimum Gasteiger partial charge on any atom is -0.506 e. The van der Waals surface area contributed by atoms with E-state index in [9.17, 15) is 14.3 Å². The number of halogens is 3. The minimum absolute atomic E-state index is 0.0820. The van der Waals surface area contributed by atoms with Crippen LogP contribution in [0.3, 0.4) is 0 Å². The first-order valence-electron chi connectivity index (χ1n) is 5.74. The van der Waals surface area contributed by atoms with Crippen LogP contribution in [0.2, 0.25) is 0 Å². The number of amides is 1. The van der Waals surface area contributed by atoms with Crippen molar-refractivity contribution in [2.24, 2.45) is 5.10 Å². The Bertz CT molecular complexity index is 705. The van der Waals surface area contributed by atoms with Gasteiger partial charge in [0.1, 0.15) is 11.6 Å². The highest BCUT2D eigenvalue weighted by molar-refractivity contribution is 14.1. The van der Waals surface area contributed by atoms with E-state index in [1.165, 1.54) is 30.5 Å². The molecule has 0 heterocycles. The fourth-order valence-electron chi connectivity index (χ4n) is 1.51. The normalized spacial score (nSPS) is 10.8. The molecule has 7 heteroatoms. The highest BCUT2D eigenvalue weighted by atomic mass is 127. The van der Waals surface area contributed by atoms with E-state index in [-0.39, 0.29) is 5.75 Å². The number of carbonyl (C=O) groups excluding carboxylic acids is 1. The molecular weight excluding hydrogens is 454 g/mol. The summed E-state index contributed by atoms with van der Waals surface area (Å²) >= 11 is 5.30. The molecule has 2 rings (SSSR count). The molecule has 0 fully saturated rings. The van der Waals surface area contributed by atoms with E-state index in [1.807, 2.05) is 22.6 Å². The van der Waals surface area contributed by atoms with Crippen molar-refractivity contribution in [1.29, 1.82) is 0 Å². The predicted octanol–water partition coefficient (Wildman–Crippen LogP) is 3.66. The maximum absolute atomic E-state index is 12.7. The molecule has 0 aliphatic rings. The average Bonchev–Trinajstić information content (AvgIpc) is 2.44. The molecule has 4 nitrogen and oxygen atoms in total. The van der Waals surface area contributed by atoms with Gasteiger partial charge in [0.25, 0.3) is 5.91 Å². The Kier molecular flexibility index (Phi) is 5.29. The number of benzene rings is 2. The third kappa shape index (κ3) is 4.24. The molecule has 0 bridgehead atoms. The van der Waals surface area contributed by atoms with Crippen LogP contribution in [0.15, 0.2) is 46.0 Å². The second-order valence-electron chi connectivity index (χ2n) is 4.03. The van der Waals surface area contributed by atoms with Gasteiger partial charge in [-0.05, 0) is 59.0 Å². The van der Waals surface area contributed by atoms with E-state index < -0.39 is 11.7 Å². The number of phenols is 1. The summed E-state index contributed by atoms with van der Waals surface area (Å²) in [6.45, 7) is 0. The number of nitrogens with one attached hydrogen (secondary N) is 1. The van der Waals surface area contributed by atoms with Gasteiger partial charge >= 0.3 is 0 Å². The Morgan fingerprint density at radius 2 is 2.00 bits per heavy atom. The summed E-state index contributed by atoms with van der Waals surface area (Å²) in [6.07, 6.45) is 1.34. The summed E-state index contributed by atoms with van der Waals surface area (Å²) in [5.74, 6) is -0.794. The highest BCUT2D eigenvalue weighted by Crippen LogP contribution is 2.27. The lowest BCUT2D eigenvalue weighted by molar-refractivity contribution is 0.0955. The summed E-state index contributed by atoms with van der Waals surface area (Å²) in [7, 11) is 0. The van der Waals surface area contributed by atoms with Crippen LogP contribution in [0, 0.1) is 9.39 Å². The van der Waals surface area contributed by atoms with E-state index in [0.29, 0.717) is 14.7 Å². The second kappa shape index (κ2) is 6.99. The first-order chi connectivity index (χ1) is 9.97. The zero-order chi connectivity index (χ0) is 15.4. The monoisotopic (exact) mass is 462 g/mol. The van der Waals surface area contributed by atoms with E-state index in [0.717, 1.165) is 4.47 Å². The van der Waals surface area contributed by atoms with E-state index in [2.05, 4.69) is 26.5 Å². The van der Waals surface area contributed by atoms with Gasteiger partial charge in [-0.25, -0.2) is 9.82 Å². The summed E-state index contributed by atoms with van der Waals surface area (Å²) in [6, 6.07) is 8.54. The fraction of sp³-hybridized carbons (Fsp3) is 0. The number of hydrazone groups is 1. The van der Waals surface area contributed by atoms with Crippen LogP contribution in [0.25, 0.3) is 0 Å². The Balaban J connectivity index is 2.09. The van der Waals surface area contributed by atoms with Crippen LogP contribution >= 0.6 is 38.5 Å². The number of hydrogen-bond acceptors (Lipinski definition) is 3. The van der Waals surface area contributed by atoms with Crippen LogP contribution in [0.1, 0.15) is 15.9 Å². The number of carbonyl (C=O) groups is 1. The molecule has 0 aromatic heterocycles. The molecule has 0 saturated carbocycles. The first kappa shape index (κ1) is 15.9. The van der Waals surface area contributed by atoms with E-state index in [4.69, 9.17) is 0 Å². The predicted molar refractivity (Wildman–Crippen MR) is 90.0 cm³/mol. The molecule has 108 valence electrons. The van der Waals surface area contributed by atoms with Gasteiger partial charge in [-0.2, -0.15) is 5.10 Å². The van der Waals surface area contributed by atoms with Crippen molar-refractivity contribution in [3.63, 3.8) is 0 Å². The minimum atomic E-state index is -0.463. The van der Waals surface area contributed by atoms with Gasteiger partial charge in [-0.1, -0.05) is 15.9 Å². The summed E-state index contributed by atoms with van der Waals surface area (Å²) < 4.78 is 14.2. The fourth-order valence-corrected chi connectivity index (χ4v) is 3.06. The van der Waals surface area contributed by atoms with E-state index in [1.54, 1.807) is 12.1 Å². The van der Waals surface area contributed by atoms with Crippen LogP contribution in [0.4, 0.5) is 4.39 Å². The Morgan fingerprint density at radius 1 is 1.33 bits per heavy atom. The molecule has 0 atom stereocenters. The lowest BCUT2D eigenvalue weighted by Crippen LogP contribution is -2.17. The molecule has 2 aromatic rings. The molecule has 1 amide bonds. The molecule has 0 radical (unpaired) electrons. The third-order valence-electron chi connectivity index (χ3n) is 2.53. The first-order valence-corrected chi connectivity index (χ1v) is 7.61. The van der Waals surface area contributed by atoms with Gasteiger partial charge in [0.2, 0.25) is 0 Å². The maximum atomic E-state index is 12.7. The van der Waals surface area contributed by atoms with E-state index >= 15 is 0 Å². The topological polar surface area (TPSA) is 61.7 Å². The molecule has 21 heavy (non-hydrogen) atoms. The van der Waals surface area contributed by atoms with Gasteiger partial charge in [0.05, 0.1) is 9.78 Å². The Hall–Kier alpha value is -1.48. The number of phenolic OH excluding ortho intramolecular Hbond substituents is 1. The van der Waals surface area contributed by atoms with Crippen LogP contribution < -0.4 is 5.43 Å². The van der Waals surface area contributed by atoms with Gasteiger partial charge < -0.3 is 5.11 Å². The van der Waals surface area contributed by atoms with Crippen molar-refractivity contribution >= 4 is 50.6 Å². The zero-order valence-corrected chi connectivity index (χ0v) is 14.2. The smallest absolute Gasteiger partial charge is 0.271 e. The molecule has 0 unspecified atom stereocenters. The average molecular weight is 463 g/mol. The number of aromatic hydroxyl groups is 1. The SMILES string of the molecule is O=C(N/N=C/c1cc(Br)cc(I)c1O)c1ccc(F)cc1. The Labute approximate surface area is 142 Å².